The monoisotopic (exact) mass is 357 g/mol. The maximum Gasteiger partial charge on any atom is 0.348 e. The van der Waals surface area contributed by atoms with Crippen LogP contribution in [0.1, 0.15) is 45.4 Å². The SMILES string of the molecule is C[C@@H](CCc1ccccc1)NC(=O)COC(=O)c1cc2c(s1)CCC2. The van der Waals surface area contributed by atoms with Gasteiger partial charge in [0.15, 0.2) is 6.61 Å². The summed E-state index contributed by atoms with van der Waals surface area (Å²) >= 11 is 1.50. The van der Waals surface area contributed by atoms with E-state index in [9.17, 15) is 9.59 Å². The molecule has 1 aromatic carbocycles. The van der Waals surface area contributed by atoms with E-state index in [0.717, 1.165) is 25.7 Å². The summed E-state index contributed by atoms with van der Waals surface area (Å²) in [6, 6.07) is 12.1. The van der Waals surface area contributed by atoms with Gasteiger partial charge < -0.3 is 10.1 Å². The highest BCUT2D eigenvalue weighted by atomic mass is 32.1. The normalized spacial score (nSPS) is 14.0. The first kappa shape index (κ1) is 17.7. The zero-order valence-corrected chi connectivity index (χ0v) is 15.2. The zero-order valence-electron chi connectivity index (χ0n) is 14.4. The molecule has 2 aromatic rings. The molecular weight excluding hydrogens is 334 g/mol. The molecule has 4 nitrogen and oxygen atoms in total. The van der Waals surface area contributed by atoms with E-state index in [-0.39, 0.29) is 18.6 Å². The molecule has 1 atom stereocenters. The summed E-state index contributed by atoms with van der Waals surface area (Å²) < 4.78 is 5.15. The minimum Gasteiger partial charge on any atom is -0.451 e. The van der Waals surface area contributed by atoms with E-state index in [0.29, 0.717) is 4.88 Å². The Morgan fingerprint density at radius 1 is 1.24 bits per heavy atom. The molecule has 132 valence electrons. The first-order chi connectivity index (χ1) is 12.1. The molecule has 1 heterocycles. The first-order valence-corrected chi connectivity index (χ1v) is 9.55. The topological polar surface area (TPSA) is 55.4 Å². The molecule has 1 aliphatic rings. The molecule has 0 aliphatic heterocycles. The second-order valence-corrected chi connectivity index (χ2v) is 7.62. The van der Waals surface area contributed by atoms with E-state index < -0.39 is 5.97 Å². The lowest BCUT2D eigenvalue weighted by molar-refractivity contribution is -0.124. The molecule has 0 saturated carbocycles. The average Bonchev–Trinajstić information content (AvgIpc) is 3.21. The summed E-state index contributed by atoms with van der Waals surface area (Å²) in [6.07, 6.45) is 5.01. The third kappa shape index (κ3) is 4.92. The molecule has 25 heavy (non-hydrogen) atoms. The number of thiophene rings is 1. The van der Waals surface area contributed by atoms with Gasteiger partial charge in [0.05, 0.1) is 0 Å². The minimum absolute atomic E-state index is 0.0388. The van der Waals surface area contributed by atoms with Crippen LogP contribution in [0.5, 0.6) is 0 Å². The fraction of sp³-hybridized carbons (Fsp3) is 0.400. The average molecular weight is 357 g/mol. The van der Waals surface area contributed by atoms with Crippen molar-refractivity contribution in [2.24, 2.45) is 0 Å². The van der Waals surface area contributed by atoms with Gasteiger partial charge in [-0.15, -0.1) is 11.3 Å². The Labute approximate surface area is 152 Å². The predicted molar refractivity (Wildman–Crippen MR) is 99.0 cm³/mol. The fourth-order valence-corrected chi connectivity index (χ4v) is 4.20. The molecular formula is C20H23NO3S. The summed E-state index contributed by atoms with van der Waals surface area (Å²) in [5.41, 5.74) is 2.51. The molecule has 3 rings (SSSR count). The van der Waals surface area contributed by atoms with Crippen molar-refractivity contribution in [3.8, 4) is 0 Å². The minimum atomic E-state index is -0.397. The fourth-order valence-electron chi connectivity index (χ4n) is 3.05. The van der Waals surface area contributed by atoms with Crippen molar-refractivity contribution in [1.82, 2.24) is 5.32 Å². The van der Waals surface area contributed by atoms with Crippen LogP contribution in [0.4, 0.5) is 0 Å². The van der Waals surface area contributed by atoms with Crippen LogP contribution in [-0.4, -0.2) is 24.5 Å². The number of amides is 1. The molecule has 5 heteroatoms. The number of esters is 1. The highest BCUT2D eigenvalue weighted by Crippen LogP contribution is 2.30. The number of ether oxygens (including phenoxy) is 1. The number of aryl methyl sites for hydroxylation is 3. The Morgan fingerprint density at radius 2 is 2.04 bits per heavy atom. The third-order valence-electron chi connectivity index (χ3n) is 4.40. The number of hydrogen-bond acceptors (Lipinski definition) is 4. The van der Waals surface area contributed by atoms with Crippen LogP contribution in [0, 0.1) is 0 Å². The van der Waals surface area contributed by atoms with Crippen LogP contribution in [0.25, 0.3) is 0 Å². The zero-order chi connectivity index (χ0) is 17.6. The van der Waals surface area contributed by atoms with Crippen molar-refractivity contribution >= 4 is 23.2 Å². The molecule has 1 amide bonds. The van der Waals surface area contributed by atoms with E-state index in [2.05, 4.69) is 17.4 Å². The van der Waals surface area contributed by atoms with Gasteiger partial charge in [0.25, 0.3) is 5.91 Å². The Balaban J connectivity index is 1.39. The van der Waals surface area contributed by atoms with Crippen molar-refractivity contribution in [2.45, 2.75) is 45.1 Å². The van der Waals surface area contributed by atoms with Crippen molar-refractivity contribution in [3.63, 3.8) is 0 Å². The lowest BCUT2D eigenvalue weighted by Crippen LogP contribution is -2.36. The summed E-state index contributed by atoms with van der Waals surface area (Å²) in [7, 11) is 0. The molecule has 1 aliphatic carbocycles. The molecule has 0 bridgehead atoms. The highest BCUT2D eigenvalue weighted by Gasteiger charge is 2.20. The molecule has 0 fully saturated rings. The first-order valence-electron chi connectivity index (χ1n) is 8.74. The van der Waals surface area contributed by atoms with E-state index in [1.807, 2.05) is 31.2 Å². The highest BCUT2D eigenvalue weighted by molar-refractivity contribution is 7.14. The quantitative estimate of drug-likeness (QED) is 0.771. The van der Waals surface area contributed by atoms with E-state index in [1.54, 1.807) is 0 Å². The van der Waals surface area contributed by atoms with E-state index in [1.165, 1.54) is 33.8 Å². The molecule has 0 radical (unpaired) electrons. The van der Waals surface area contributed by atoms with E-state index >= 15 is 0 Å². The number of carbonyl (C=O) groups excluding carboxylic acids is 2. The lowest BCUT2D eigenvalue weighted by atomic mass is 10.1. The smallest absolute Gasteiger partial charge is 0.348 e. The molecule has 0 unspecified atom stereocenters. The van der Waals surface area contributed by atoms with Gasteiger partial charge in [-0.05, 0) is 56.2 Å². The van der Waals surface area contributed by atoms with Crippen LogP contribution >= 0.6 is 11.3 Å². The largest absolute Gasteiger partial charge is 0.451 e. The van der Waals surface area contributed by atoms with Crippen LogP contribution in [0.3, 0.4) is 0 Å². The van der Waals surface area contributed by atoms with Crippen LogP contribution < -0.4 is 5.32 Å². The van der Waals surface area contributed by atoms with Crippen LogP contribution in [0.2, 0.25) is 0 Å². The molecule has 1 aromatic heterocycles. The van der Waals surface area contributed by atoms with Gasteiger partial charge in [-0.3, -0.25) is 4.79 Å². The van der Waals surface area contributed by atoms with Gasteiger partial charge in [-0.1, -0.05) is 30.3 Å². The number of benzene rings is 1. The number of fused-ring (bicyclic) bond motifs is 1. The molecule has 0 spiro atoms. The van der Waals surface area contributed by atoms with Gasteiger partial charge in [0, 0.05) is 10.9 Å². The summed E-state index contributed by atoms with van der Waals surface area (Å²) in [6.45, 7) is 1.74. The molecule has 1 N–H and O–H groups in total. The van der Waals surface area contributed by atoms with Crippen molar-refractivity contribution in [2.75, 3.05) is 6.61 Å². The van der Waals surface area contributed by atoms with Crippen molar-refractivity contribution < 1.29 is 14.3 Å². The predicted octanol–water partition coefficient (Wildman–Crippen LogP) is 3.53. The van der Waals surface area contributed by atoms with Crippen molar-refractivity contribution in [1.29, 1.82) is 0 Å². The van der Waals surface area contributed by atoms with Gasteiger partial charge >= 0.3 is 5.97 Å². The van der Waals surface area contributed by atoms with Gasteiger partial charge in [-0.2, -0.15) is 0 Å². The summed E-state index contributed by atoms with van der Waals surface area (Å²) in [5, 5.41) is 2.88. The third-order valence-corrected chi connectivity index (χ3v) is 5.62. The van der Waals surface area contributed by atoms with E-state index in [4.69, 9.17) is 4.74 Å². The second kappa shape index (κ2) is 8.30. The molecule has 0 saturated heterocycles. The Hall–Kier alpha value is -2.14. The standard InChI is InChI=1S/C20H23NO3S/c1-14(10-11-15-6-3-2-4-7-15)21-19(22)13-24-20(23)18-12-16-8-5-9-17(16)25-18/h2-4,6-7,12,14H,5,8-11,13H2,1H3,(H,21,22)/t14-/m0/s1. The second-order valence-electron chi connectivity index (χ2n) is 6.48. The Bertz CT molecular complexity index is 717. The summed E-state index contributed by atoms with van der Waals surface area (Å²) in [4.78, 5) is 25.9. The van der Waals surface area contributed by atoms with Gasteiger partial charge in [0.2, 0.25) is 0 Å². The summed E-state index contributed by atoms with van der Waals surface area (Å²) in [5.74, 6) is -0.649. The Morgan fingerprint density at radius 3 is 2.80 bits per heavy atom. The van der Waals surface area contributed by atoms with Gasteiger partial charge in [-0.25, -0.2) is 4.79 Å². The van der Waals surface area contributed by atoms with Crippen LogP contribution in [-0.2, 0) is 28.8 Å². The number of hydrogen-bond donors (Lipinski definition) is 1. The maximum atomic E-state index is 12.1. The number of nitrogens with one attached hydrogen (secondary N) is 1. The van der Waals surface area contributed by atoms with Gasteiger partial charge in [0.1, 0.15) is 4.88 Å². The maximum absolute atomic E-state index is 12.1. The number of carbonyl (C=O) groups is 2. The lowest BCUT2D eigenvalue weighted by Gasteiger charge is -2.13. The van der Waals surface area contributed by atoms with Crippen molar-refractivity contribution in [3.05, 3.63) is 57.3 Å². The Kier molecular flexibility index (Phi) is 5.87. The number of rotatable bonds is 7. The van der Waals surface area contributed by atoms with Crippen LogP contribution in [0.15, 0.2) is 36.4 Å².